The second-order valence-corrected chi connectivity index (χ2v) is 5.23. The van der Waals surface area contributed by atoms with E-state index in [4.69, 9.17) is 0 Å². The molecule has 0 spiro atoms. The van der Waals surface area contributed by atoms with Crippen molar-refractivity contribution in [1.29, 1.82) is 0 Å². The molecule has 1 aromatic carbocycles. The number of hydrogen-bond donors (Lipinski definition) is 1. The Balaban J connectivity index is 2.13. The van der Waals surface area contributed by atoms with Crippen LogP contribution in [0.15, 0.2) is 18.2 Å². The molecule has 2 rings (SSSR count). The van der Waals surface area contributed by atoms with E-state index in [1.54, 1.807) is 32.0 Å². The Morgan fingerprint density at radius 1 is 1.35 bits per heavy atom. The number of carbonyl (C=O) groups excluding carboxylic acids is 1. The average Bonchev–Trinajstić information content (AvgIpc) is 2.71. The minimum absolute atomic E-state index is 0.0297. The molecule has 0 aliphatic carbocycles. The van der Waals surface area contributed by atoms with E-state index in [9.17, 15) is 9.90 Å². The Hall–Kier alpha value is -1.33. The van der Waals surface area contributed by atoms with Gasteiger partial charge < -0.3 is 5.11 Å². The minimum Gasteiger partial charge on any atom is -0.390 e. The fourth-order valence-electron chi connectivity index (χ4n) is 1.52. The third-order valence-corrected chi connectivity index (χ3v) is 3.10. The molecule has 0 saturated heterocycles. The summed E-state index contributed by atoms with van der Waals surface area (Å²) in [4.78, 5) is 11.9. The minimum atomic E-state index is -0.804. The molecular weight excluding hydrogens is 236 g/mol. The number of hydrogen-bond acceptors (Lipinski definition) is 5. The lowest BCUT2D eigenvalue weighted by atomic mass is 9.98. The zero-order valence-corrected chi connectivity index (χ0v) is 10.6. The fraction of sp³-hybridized carbons (Fsp3) is 0.417. The van der Waals surface area contributed by atoms with Gasteiger partial charge >= 0.3 is 0 Å². The molecule has 0 unspecified atom stereocenters. The smallest absolute Gasteiger partial charge is 0.163 e. The lowest BCUT2D eigenvalue weighted by Gasteiger charge is -2.15. The largest absolute Gasteiger partial charge is 0.390 e. The molecule has 0 bridgehead atoms. The van der Waals surface area contributed by atoms with E-state index in [1.807, 2.05) is 0 Å². The Kier molecular flexibility index (Phi) is 3.22. The van der Waals surface area contributed by atoms with Gasteiger partial charge in [0, 0.05) is 12.0 Å². The van der Waals surface area contributed by atoms with E-state index in [1.165, 1.54) is 0 Å². The summed E-state index contributed by atoms with van der Waals surface area (Å²) in [5.74, 6) is 0.0297. The predicted octanol–water partition coefficient (Wildman–Crippen LogP) is 2.43. The standard InChI is InChI=1S/C12H14N2O2S/c1-12(2,16)6-5-11(15)8-3-4-9-10(7-8)14-17-13-9/h3-4,7,16H,5-6H2,1-2H3. The first-order valence-corrected chi connectivity index (χ1v) is 6.17. The van der Waals surface area contributed by atoms with Crippen molar-refractivity contribution in [3.8, 4) is 0 Å². The van der Waals surface area contributed by atoms with E-state index < -0.39 is 5.60 Å². The number of fused-ring (bicyclic) bond motifs is 1. The van der Waals surface area contributed by atoms with Gasteiger partial charge in [-0.05, 0) is 38.5 Å². The van der Waals surface area contributed by atoms with Crippen LogP contribution in [0.5, 0.6) is 0 Å². The van der Waals surface area contributed by atoms with Gasteiger partial charge in [0.2, 0.25) is 0 Å². The van der Waals surface area contributed by atoms with Gasteiger partial charge in [-0.15, -0.1) is 0 Å². The Morgan fingerprint density at radius 3 is 2.76 bits per heavy atom. The topological polar surface area (TPSA) is 63.1 Å². The first kappa shape index (κ1) is 12.1. The summed E-state index contributed by atoms with van der Waals surface area (Å²) in [6.45, 7) is 3.40. The maximum atomic E-state index is 11.9. The Labute approximate surface area is 104 Å². The van der Waals surface area contributed by atoms with Crippen molar-refractivity contribution in [1.82, 2.24) is 8.75 Å². The van der Waals surface area contributed by atoms with Gasteiger partial charge in [-0.1, -0.05) is 0 Å². The zero-order valence-electron chi connectivity index (χ0n) is 9.80. The summed E-state index contributed by atoms with van der Waals surface area (Å²) in [6.07, 6.45) is 0.797. The highest BCUT2D eigenvalue weighted by Crippen LogP contribution is 2.17. The first-order valence-electron chi connectivity index (χ1n) is 5.44. The zero-order chi connectivity index (χ0) is 12.5. The number of rotatable bonds is 4. The molecule has 1 N–H and O–H groups in total. The Morgan fingerprint density at radius 2 is 2.06 bits per heavy atom. The third kappa shape index (κ3) is 3.08. The van der Waals surface area contributed by atoms with Crippen LogP contribution in [0.2, 0.25) is 0 Å². The fourth-order valence-corrected chi connectivity index (χ4v) is 2.04. The van der Waals surface area contributed by atoms with Crippen molar-refractivity contribution in [3.63, 3.8) is 0 Å². The predicted molar refractivity (Wildman–Crippen MR) is 67.3 cm³/mol. The van der Waals surface area contributed by atoms with Crippen LogP contribution in [0.1, 0.15) is 37.0 Å². The lowest BCUT2D eigenvalue weighted by molar-refractivity contribution is 0.0633. The van der Waals surface area contributed by atoms with Gasteiger partial charge in [-0.2, -0.15) is 8.75 Å². The quantitative estimate of drug-likeness (QED) is 0.846. The van der Waals surface area contributed by atoms with Crippen molar-refractivity contribution in [2.45, 2.75) is 32.3 Å². The van der Waals surface area contributed by atoms with E-state index in [2.05, 4.69) is 8.75 Å². The van der Waals surface area contributed by atoms with Crippen molar-refractivity contribution < 1.29 is 9.90 Å². The second-order valence-electron chi connectivity index (χ2n) is 4.70. The molecule has 90 valence electrons. The highest BCUT2D eigenvalue weighted by molar-refractivity contribution is 7.00. The van der Waals surface area contributed by atoms with Crippen LogP contribution in [0.3, 0.4) is 0 Å². The van der Waals surface area contributed by atoms with Crippen molar-refractivity contribution >= 4 is 28.5 Å². The molecule has 2 aromatic rings. The van der Waals surface area contributed by atoms with Crippen LogP contribution in [-0.4, -0.2) is 25.2 Å². The van der Waals surface area contributed by atoms with Gasteiger partial charge in [0.15, 0.2) is 5.78 Å². The van der Waals surface area contributed by atoms with Gasteiger partial charge in [-0.3, -0.25) is 4.79 Å². The summed E-state index contributed by atoms with van der Waals surface area (Å²) in [5, 5.41) is 9.58. The SMILES string of the molecule is CC(C)(O)CCC(=O)c1ccc2nsnc2c1. The molecule has 1 aromatic heterocycles. The second kappa shape index (κ2) is 4.50. The van der Waals surface area contributed by atoms with E-state index in [0.717, 1.165) is 22.8 Å². The maximum Gasteiger partial charge on any atom is 0.163 e. The van der Waals surface area contributed by atoms with Crippen molar-refractivity contribution in [3.05, 3.63) is 23.8 Å². The third-order valence-electron chi connectivity index (χ3n) is 2.54. The van der Waals surface area contributed by atoms with Gasteiger partial charge in [0.1, 0.15) is 11.0 Å². The molecule has 0 fully saturated rings. The monoisotopic (exact) mass is 250 g/mol. The van der Waals surface area contributed by atoms with Gasteiger partial charge in [0.25, 0.3) is 0 Å². The molecule has 0 saturated carbocycles. The molecule has 5 heteroatoms. The molecule has 17 heavy (non-hydrogen) atoms. The number of aliphatic hydroxyl groups is 1. The first-order chi connectivity index (χ1) is 7.96. The summed E-state index contributed by atoms with van der Waals surface area (Å²) in [5.41, 5.74) is 1.40. The highest BCUT2D eigenvalue weighted by Gasteiger charge is 2.16. The molecule has 4 nitrogen and oxygen atoms in total. The van der Waals surface area contributed by atoms with E-state index in [-0.39, 0.29) is 5.78 Å². The van der Waals surface area contributed by atoms with E-state index >= 15 is 0 Å². The average molecular weight is 250 g/mol. The van der Waals surface area contributed by atoms with E-state index in [0.29, 0.717) is 18.4 Å². The molecule has 0 atom stereocenters. The van der Waals surface area contributed by atoms with Crippen molar-refractivity contribution in [2.75, 3.05) is 0 Å². The lowest BCUT2D eigenvalue weighted by Crippen LogP contribution is -2.19. The molecule has 1 heterocycles. The number of aromatic nitrogens is 2. The molecule has 0 aliphatic rings. The molecule has 0 amide bonds. The molecule has 0 aliphatic heterocycles. The molecule has 0 radical (unpaired) electrons. The van der Waals surface area contributed by atoms with Crippen LogP contribution in [-0.2, 0) is 0 Å². The highest BCUT2D eigenvalue weighted by atomic mass is 32.1. The Bertz CT molecular complexity index is 543. The number of nitrogens with zero attached hydrogens (tertiary/aromatic N) is 2. The summed E-state index contributed by atoms with van der Waals surface area (Å²) in [7, 11) is 0. The van der Waals surface area contributed by atoms with Crippen LogP contribution >= 0.6 is 11.7 Å². The van der Waals surface area contributed by atoms with Gasteiger partial charge in [-0.25, -0.2) is 0 Å². The van der Waals surface area contributed by atoms with Gasteiger partial charge in [0.05, 0.1) is 17.3 Å². The van der Waals surface area contributed by atoms with Crippen molar-refractivity contribution in [2.24, 2.45) is 0 Å². The van der Waals surface area contributed by atoms with Crippen LogP contribution in [0, 0.1) is 0 Å². The number of benzene rings is 1. The number of carbonyl (C=O) groups is 1. The van der Waals surface area contributed by atoms with Crippen LogP contribution in [0.25, 0.3) is 11.0 Å². The summed E-state index contributed by atoms with van der Waals surface area (Å²) in [6, 6.07) is 5.32. The van der Waals surface area contributed by atoms with Crippen LogP contribution < -0.4 is 0 Å². The normalized spacial score (nSPS) is 11.9. The number of ketones is 1. The van der Waals surface area contributed by atoms with Crippen LogP contribution in [0.4, 0.5) is 0 Å². The number of Topliss-reactive ketones (excluding diaryl/α,β-unsaturated/α-hetero) is 1. The summed E-state index contributed by atoms with van der Waals surface area (Å²) < 4.78 is 8.18. The maximum absolute atomic E-state index is 11.9. The molecular formula is C12H14N2O2S. The summed E-state index contributed by atoms with van der Waals surface area (Å²) >= 11 is 1.14.